The summed E-state index contributed by atoms with van der Waals surface area (Å²) in [6.07, 6.45) is 2.30. The fourth-order valence-electron chi connectivity index (χ4n) is 3.30. The molecule has 0 radical (unpaired) electrons. The summed E-state index contributed by atoms with van der Waals surface area (Å²) in [5.74, 6) is -1.68. The fourth-order valence-corrected chi connectivity index (χ4v) is 4.15. The van der Waals surface area contributed by atoms with E-state index in [9.17, 15) is 23.6 Å². The van der Waals surface area contributed by atoms with Crippen LogP contribution in [0.5, 0.6) is 0 Å². The van der Waals surface area contributed by atoms with Crippen molar-refractivity contribution in [1.29, 1.82) is 0 Å². The van der Waals surface area contributed by atoms with Crippen molar-refractivity contribution in [2.45, 2.75) is 37.4 Å². The highest BCUT2D eigenvalue weighted by molar-refractivity contribution is 7.99. The van der Waals surface area contributed by atoms with E-state index in [2.05, 4.69) is 15.6 Å². The van der Waals surface area contributed by atoms with Gasteiger partial charge in [-0.1, -0.05) is 30.3 Å². The fraction of sp³-hybridized carbons (Fsp3) is 0.292. The van der Waals surface area contributed by atoms with Gasteiger partial charge in [-0.05, 0) is 49.2 Å². The Kier molecular flexibility index (Phi) is 9.36. The first-order valence-electron chi connectivity index (χ1n) is 11.1. The number of benzene rings is 2. The number of rotatable bonds is 12. The van der Waals surface area contributed by atoms with Crippen LogP contribution >= 0.6 is 11.8 Å². The smallest absolute Gasteiger partial charge is 0.262 e. The average molecular weight is 500 g/mol. The molecule has 0 aliphatic rings. The lowest BCUT2D eigenvalue weighted by Crippen LogP contribution is -2.34. The van der Waals surface area contributed by atoms with Crippen LogP contribution in [0.25, 0.3) is 10.9 Å². The third-order valence-electron chi connectivity index (χ3n) is 5.04. The summed E-state index contributed by atoms with van der Waals surface area (Å²) in [6, 6.07) is 12.3. The van der Waals surface area contributed by atoms with Crippen LogP contribution in [0.15, 0.2) is 58.5 Å². The number of para-hydroxylation sites is 1. The Bertz CT molecular complexity index is 1260. The number of anilines is 1. The van der Waals surface area contributed by atoms with E-state index in [0.717, 1.165) is 18.2 Å². The summed E-state index contributed by atoms with van der Waals surface area (Å²) < 4.78 is 14.5. The molecule has 35 heavy (non-hydrogen) atoms. The Hall–Kier alpha value is -3.73. The summed E-state index contributed by atoms with van der Waals surface area (Å²) in [5.41, 5.74) is 5.91. The van der Waals surface area contributed by atoms with Crippen LogP contribution in [0.3, 0.4) is 0 Å². The Labute approximate surface area is 205 Å². The minimum atomic E-state index is -0.452. The van der Waals surface area contributed by atoms with Gasteiger partial charge in [-0.25, -0.2) is 9.37 Å². The molecule has 3 amide bonds. The van der Waals surface area contributed by atoms with E-state index in [0.29, 0.717) is 47.6 Å². The van der Waals surface area contributed by atoms with Gasteiger partial charge in [0.2, 0.25) is 17.7 Å². The van der Waals surface area contributed by atoms with Crippen LogP contribution in [0, 0.1) is 5.82 Å². The van der Waals surface area contributed by atoms with Crippen molar-refractivity contribution >= 4 is 46.1 Å². The molecule has 0 bridgehead atoms. The highest BCUT2D eigenvalue weighted by Crippen LogP contribution is 2.18. The molecule has 2 aromatic carbocycles. The number of nitrogens with zero attached hydrogens (tertiary/aromatic N) is 2. The number of halogens is 1. The number of fused-ring (bicyclic) bond motifs is 1. The zero-order chi connectivity index (χ0) is 25.2. The number of unbranched alkanes of at least 4 members (excludes halogenated alkanes) is 2. The van der Waals surface area contributed by atoms with Crippen molar-refractivity contribution in [3.63, 3.8) is 0 Å². The molecule has 0 fully saturated rings. The second-order valence-electron chi connectivity index (χ2n) is 7.77. The molecule has 11 heteroatoms. The molecule has 0 unspecified atom stereocenters. The first-order valence-corrected chi connectivity index (χ1v) is 12.0. The van der Waals surface area contributed by atoms with E-state index in [1.807, 2.05) is 0 Å². The third kappa shape index (κ3) is 7.92. The lowest BCUT2D eigenvalue weighted by molar-refractivity contribution is -0.122. The van der Waals surface area contributed by atoms with Crippen LogP contribution in [0.1, 0.15) is 25.7 Å². The summed E-state index contributed by atoms with van der Waals surface area (Å²) in [7, 11) is 0. The maximum Gasteiger partial charge on any atom is 0.262 e. The van der Waals surface area contributed by atoms with Crippen molar-refractivity contribution < 1.29 is 18.8 Å². The second kappa shape index (κ2) is 12.7. The van der Waals surface area contributed by atoms with Crippen molar-refractivity contribution in [3.8, 4) is 0 Å². The minimum Gasteiger partial charge on any atom is -0.370 e. The maximum absolute atomic E-state index is 13.0. The molecule has 3 aromatic rings. The summed E-state index contributed by atoms with van der Waals surface area (Å²) in [5, 5.41) is 5.96. The van der Waals surface area contributed by atoms with Gasteiger partial charge in [0.05, 0.1) is 23.2 Å². The topological polar surface area (TPSA) is 136 Å². The molecule has 0 spiro atoms. The summed E-state index contributed by atoms with van der Waals surface area (Å²) in [4.78, 5) is 52.8. The molecule has 1 aromatic heterocycles. The molecular weight excluding hydrogens is 473 g/mol. The number of thioether (sulfide) groups is 1. The van der Waals surface area contributed by atoms with E-state index in [1.165, 1.54) is 28.8 Å². The van der Waals surface area contributed by atoms with Crippen molar-refractivity contribution in [2.24, 2.45) is 5.73 Å². The normalized spacial score (nSPS) is 10.8. The van der Waals surface area contributed by atoms with E-state index in [-0.39, 0.29) is 23.8 Å². The zero-order valence-electron chi connectivity index (χ0n) is 19.0. The number of hydrogen-bond acceptors (Lipinski definition) is 6. The number of nitrogens with one attached hydrogen (secondary N) is 2. The molecule has 0 atom stereocenters. The number of nitrogens with two attached hydrogens (primary N) is 1. The first kappa shape index (κ1) is 25.9. The van der Waals surface area contributed by atoms with Crippen LogP contribution < -0.4 is 21.9 Å². The molecule has 3 rings (SSSR count). The van der Waals surface area contributed by atoms with Crippen molar-refractivity contribution in [1.82, 2.24) is 14.9 Å². The number of amides is 3. The molecule has 0 saturated carbocycles. The molecule has 0 aliphatic carbocycles. The number of hydrogen-bond donors (Lipinski definition) is 3. The first-order chi connectivity index (χ1) is 16.8. The largest absolute Gasteiger partial charge is 0.370 e. The summed E-state index contributed by atoms with van der Waals surface area (Å²) >= 11 is 1.10. The van der Waals surface area contributed by atoms with Gasteiger partial charge in [0.15, 0.2) is 5.16 Å². The molecule has 9 nitrogen and oxygen atoms in total. The van der Waals surface area contributed by atoms with Crippen LogP contribution in [-0.4, -0.2) is 39.6 Å². The molecule has 0 aliphatic heterocycles. The van der Waals surface area contributed by atoms with Gasteiger partial charge in [-0.15, -0.1) is 0 Å². The van der Waals surface area contributed by atoms with Crippen LogP contribution in [0.4, 0.5) is 10.1 Å². The summed E-state index contributed by atoms with van der Waals surface area (Å²) in [6.45, 7) is 0.133. The Morgan fingerprint density at radius 3 is 2.49 bits per heavy atom. The Morgan fingerprint density at radius 2 is 1.74 bits per heavy atom. The van der Waals surface area contributed by atoms with Gasteiger partial charge in [0.1, 0.15) is 5.82 Å². The van der Waals surface area contributed by atoms with Gasteiger partial charge < -0.3 is 16.4 Å². The molecule has 0 saturated heterocycles. The lowest BCUT2D eigenvalue weighted by atomic mass is 10.2. The van der Waals surface area contributed by atoms with Gasteiger partial charge in [0, 0.05) is 18.7 Å². The lowest BCUT2D eigenvalue weighted by Gasteiger charge is -2.13. The molecule has 1 heterocycles. The average Bonchev–Trinajstić information content (AvgIpc) is 2.84. The SMILES string of the molecule is NC(=O)CCCCCn1c(SCC(=O)NCC(=O)Nc2ccc(F)cc2)nc2ccccc2c1=O. The van der Waals surface area contributed by atoms with E-state index < -0.39 is 17.6 Å². The highest BCUT2D eigenvalue weighted by atomic mass is 32.2. The monoisotopic (exact) mass is 499 g/mol. The van der Waals surface area contributed by atoms with Gasteiger partial charge in [-0.3, -0.25) is 23.7 Å². The standard InChI is InChI=1S/C24H26FN5O4S/c25-16-9-11-17(12-10-16)28-21(32)14-27-22(33)15-35-24-29-19-7-4-3-6-18(19)23(34)30(24)13-5-1-2-8-20(26)31/h3-4,6-7,9-12H,1-2,5,8,13-15H2,(H2,26,31)(H,27,33)(H,28,32). The number of primary amides is 1. The van der Waals surface area contributed by atoms with Gasteiger partial charge in [0.25, 0.3) is 5.56 Å². The molecule has 4 N–H and O–H groups in total. The predicted molar refractivity (Wildman–Crippen MR) is 132 cm³/mol. The van der Waals surface area contributed by atoms with Gasteiger partial charge >= 0.3 is 0 Å². The van der Waals surface area contributed by atoms with Crippen molar-refractivity contribution in [3.05, 3.63) is 64.7 Å². The number of carbonyl (C=O) groups excluding carboxylic acids is 3. The minimum absolute atomic E-state index is 0.0454. The Balaban J connectivity index is 1.59. The molecular formula is C24H26FN5O4S. The highest BCUT2D eigenvalue weighted by Gasteiger charge is 2.14. The molecule has 184 valence electrons. The predicted octanol–water partition coefficient (Wildman–Crippen LogP) is 2.43. The van der Waals surface area contributed by atoms with Crippen molar-refractivity contribution in [2.75, 3.05) is 17.6 Å². The van der Waals surface area contributed by atoms with Crippen LogP contribution in [-0.2, 0) is 20.9 Å². The maximum atomic E-state index is 13.0. The van der Waals surface area contributed by atoms with Gasteiger partial charge in [-0.2, -0.15) is 0 Å². The number of carbonyl (C=O) groups is 3. The van der Waals surface area contributed by atoms with E-state index >= 15 is 0 Å². The van der Waals surface area contributed by atoms with E-state index in [1.54, 1.807) is 24.3 Å². The number of aromatic nitrogens is 2. The zero-order valence-corrected chi connectivity index (χ0v) is 19.8. The Morgan fingerprint density at radius 1 is 1.00 bits per heavy atom. The second-order valence-corrected chi connectivity index (χ2v) is 8.71. The van der Waals surface area contributed by atoms with E-state index in [4.69, 9.17) is 5.73 Å². The quantitative estimate of drug-likeness (QED) is 0.199. The third-order valence-corrected chi connectivity index (χ3v) is 6.01. The van der Waals surface area contributed by atoms with Crippen LogP contribution in [0.2, 0.25) is 0 Å².